The lowest BCUT2D eigenvalue weighted by molar-refractivity contribution is -0.145. The first-order chi connectivity index (χ1) is 16.6. The van der Waals surface area contributed by atoms with Crippen LogP contribution in [0.2, 0.25) is 0 Å². The van der Waals surface area contributed by atoms with E-state index >= 15 is 0 Å². The van der Waals surface area contributed by atoms with Crippen molar-refractivity contribution >= 4 is 11.9 Å². The molecule has 0 bridgehead atoms. The van der Waals surface area contributed by atoms with Gasteiger partial charge in [0.25, 0.3) is 0 Å². The Morgan fingerprint density at radius 1 is 0.735 bits per heavy atom. The number of fused-ring (bicyclic) bond motifs is 3. The number of carbonyl (C=O) groups excluding carboxylic acids is 1. The number of hydrogen-bond donors (Lipinski definition) is 2. The molecule has 1 aliphatic rings. The summed E-state index contributed by atoms with van der Waals surface area (Å²) >= 11 is 0. The first-order valence-corrected chi connectivity index (χ1v) is 11.1. The van der Waals surface area contributed by atoms with Crippen LogP contribution in [0.25, 0.3) is 22.3 Å². The van der Waals surface area contributed by atoms with Gasteiger partial charge >= 0.3 is 11.9 Å². The van der Waals surface area contributed by atoms with Crippen LogP contribution in [-0.4, -0.2) is 23.7 Å². The minimum Gasteiger partial charge on any atom is -0.478 e. The second-order valence-electron chi connectivity index (χ2n) is 8.27. The zero-order valence-electron chi connectivity index (χ0n) is 18.3. The summed E-state index contributed by atoms with van der Waals surface area (Å²) < 4.78 is 5.74. The molecule has 0 saturated carbocycles. The third-order valence-electron chi connectivity index (χ3n) is 6.35. The molecule has 0 radical (unpaired) electrons. The summed E-state index contributed by atoms with van der Waals surface area (Å²) in [5.41, 5.74) is 12.7. The van der Waals surface area contributed by atoms with Gasteiger partial charge in [0.05, 0.1) is 5.56 Å². The average molecular weight is 450 g/mol. The molecule has 4 aromatic rings. The molecule has 4 aromatic carbocycles. The highest BCUT2D eigenvalue weighted by molar-refractivity contribution is 5.97. The Balaban J connectivity index is 1.41. The SMILES string of the molecule is NC(C(=O)OCC1c2ccccc2-c2ccccc21)c1ccccc1-c1ccccc1C(=O)O. The standard InChI is InChI=1S/C29H23NO4/c30-27(24-15-7-5-11-20(24)21-12-6-8-16-25(21)28(31)32)29(33)34-17-26-22-13-3-1-9-18(22)19-10-2-4-14-23(19)26/h1-16,26-27H,17,30H2,(H,31,32). The van der Waals surface area contributed by atoms with Gasteiger partial charge in [0.15, 0.2) is 0 Å². The van der Waals surface area contributed by atoms with Crippen LogP contribution in [0.1, 0.15) is 39.0 Å². The molecule has 1 aliphatic carbocycles. The molecule has 0 heterocycles. The van der Waals surface area contributed by atoms with Gasteiger partial charge in [-0.05, 0) is 45.0 Å². The average Bonchev–Trinajstić information content (AvgIpc) is 3.20. The van der Waals surface area contributed by atoms with Crippen molar-refractivity contribution in [1.82, 2.24) is 0 Å². The fraction of sp³-hybridized carbons (Fsp3) is 0.103. The van der Waals surface area contributed by atoms with Gasteiger partial charge in [0.1, 0.15) is 12.6 Å². The molecule has 3 N–H and O–H groups in total. The normalized spacial score (nSPS) is 13.1. The fourth-order valence-electron chi connectivity index (χ4n) is 4.74. The van der Waals surface area contributed by atoms with E-state index in [2.05, 4.69) is 24.3 Å². The van der Waals surface area contributed by atoms with Crippen LogP contribution >= 0.6 is 0 Å². The van der Waals surface area contributed by atoms with Gasteiger partial charge in [-0.15, -0.1) is 0 Å². The molecule has 5 heteroatoms. The summed E-state index contributed by atoms with van der Waals surface area (Å²) in [6, 6.07) is 29.0. The summed E-state index contributed by atoms with van der Waals surface area (Å²) in [4.78, 5) is 24.8. The molecule has 34 heavy (non-hydrogen) atoms. The molecular weight excluding hydrogens is 426 g/mol. The number of benzene rings is 4. The second-order valence-corrected chi connectivity index (χ2v) is 8.27. The lowest BCUT2D eigenvalue weighted by Crippen LogP contribution is -2.26. The van der Waals surface area contributed by atoms with Crippen molar-refractivity contribution < 1.29 is 19.4 Å². The van der Waals surface area contributed by atoms with Crippen LogP contribution in [0, 0.1) is 0 Å². The van der Waals surface area contributed by atoms with E-state index in [0.717, 1.165) is 22.3 Å². The van der Waals surface area contributed by atoms with Crippen LogP contribution in [0.15, 0.2) is 97.1 Å². The number of ether oxygens (including phenoxy) is 1. The summed E-state index contributed by atoms with van der Waals surface area (Å²) in [6.07, 6.45) is 0. The number of rotatable bonds is 6. The van der Waals surface area contributed by atoms with Crippen molar-refractivity contribution in [2.45, 2.75) is 12.0 Å². The number of carboxylic acid groups (broad SMARTS) is 1. The quantitative estimate of drug-likeness (QED) is 0.384. The third-order valence-corrected chi connectivity index (χ3v) is 6.35. The number of carboxylic acids is 1. The first-order valence-electron chi connectivity index (χ1n) is 11.1. The van der Waals surface area contributed by atoms with Crippen LogP contribution in [0.4, 0.5) is 0 Å². The number of aromatic carboxylic acids is 1. The molecule has 0 saturated heterocycles. The molecule has 0 fully saturated rings. The van der Waals surface area contributed by atoms with Crippen LogP contribution < -0.4 is 5.73 Å². The highest BCUT2D eigenvalue weighted by Crippen LogP contribution is 2.44. The Morgan fingerprint density at radius 2 is 1.24 bits per heavy atom. The van der Waals surface area contributed by atoms with Crippen molar-refractivity contribution in [3.05, 3.63) is 119 Å². The largest absolute Gasteiger partial charge is 0.478 e. The Hall–Kier alpha value is -4.22. The predicted octanol–water partition coefficient (Wildman–Crippen LogP) is 5.41. The summed E-state index contributed by atoms with van der Waals surface area (Å²) in [6.45, 7) is 0.175. The molecule has 0 aromatic heterocycles. The Kier molecular flexibility index (Phi) is 5.70. The first kappa shape index (κ1) is 21.6. The summed E-state index contributed by atoms with van der Waals surface area (Å²) in [5, 5.41) is 9.61. The number of esters is 1. The minimum absolute atomic E-state index is 0.0634. The Morgan fingerprint density at radius 3 is 1.85 bits per heavy atom. The molecule has 0 aliphatic heterocycles. The predicted molar refractivity (Wildman–Crippen MR) is 130 cm³/mol. The third kappa shape index (κ3) is 3.76. The number of hydrogen-bond acceptors (Lipinski definition) is 4. The maximum absolute atomic E-state index is 13.1. The van der Waals surface area contributed by atoms with E-state index in [4.69, 9.17) is 10.5 Å². The molecule has 168 valence electrons. The topological polar surface area (TPSA) is 89.6 Å². The van der Waals surface area contributed by atoms with Gasteiger partial charge in [-0.2, -0.15) is 0 Å². The van der Waals surface area contributed by atoms with Crippen molar-refractivity contribution in [2.24, 2.45) is 5.73 Å². The second kappa shape index (κ2) is 8.96. The zero-order valence-corrected chi connectivity index (χ0v) is 18.3. The van der Waals surface area contributed by atoms with Crippen LogP contribution in [0.5, 0.6) is 0 Å². The summed E-state index contributed by atoms with van der Waals surface area (Å²) in [7, 11) is 0. The fourth-order valence-corrected chi connectivity index (χ4v) is 4.74. The molecule has 5 nitrogen and oxygen atoms in total. The maximum Gasteiger partial charge on any atom is 0.336 e. The van der Waals surface area contributed by atoms with E-state index in [0.29, 0.717) is 16.7 Å². The van der Waals surface area contributed by atoms with Gasteiger partial charge in [-0.25, -0.2) is 9.59 Å². The Bertz CT molecular complexity index is 1350. The molecule has 5 rings (SSSR count). The highest BCUT2D eigenvalue weighted by atomic mass is 16.5. The molecule has 1 atom stereocenters. The summed E-state index contributed by atoms with van der Waals surface area (Å²) in [5.74, 6) is -1.66. The van der Waals surface area contributed by atoms with Crippen molar-refractivity contribution in [3.63, 3.8) is 0 Å². The van der Waals surface area contributed by atoms with Crippen LogP contribution in [0.3, 0.4) is 0 Å². The van der Waals surface area contributed by atoms with E-state index < -0.39 is 18.0 Å². The van der Waals surface area contributed by atoms with Gasteiger partial charge in [-0.1, -0.05) is 91.0 Å². The van der Waals surface area contributed by atoms with E-state index in [1.165, 1.54) is 6.07 Å². The Labute approximate surface area is 197 Å². The van der Waals surface area contributed by atoms with Crippen LogP contribution in [-0.2, 0) is 9.53 Å². The molecule has 0 spiro atoms. The molecule has 1 unspecified atom stereocenters. The molecular formula is C29H23NO4. The lowest BCUT2D eigenvalue weighted by atomic mass is 9.92. The monoisotopic (exact) mass is 449 g/mol. The van der Waals surface area contributed by atoms with Crippen molar-refractivity contribution in [2.75, 3.05) is 6.61 Å². The van der Waals surface area contributed by atoms with Gasteiger partial charge < -0.3 is 15.6 Å². The van der Waals surface area contributed by atoms with Crippen molar-refractivity contribution in [3.8, 4) is 22.3 Å². The zero-order chi connectivity index (χ0) is 23.7. The van der Waals surface area contributed by atoms with Gasteiger partial charge in [0, 0.05) is 5.92 Å². The van der Waals surface area contributed by atoms with E-state index in [-0.39, 0.29) is 18.1 Å². The minimum atomic E-state index is -1.05. The highest BCUT2D eigenvalue weighted by Gasteiger charge is 2.30. The maximum atomic E-state index is 13.1. The van der Waals surface area contributed by atoms with Gasteiger partial charge in [-0.3, -0.25) is 0 Å². The van der Waals surface area contributed by atoms with Crippen molar-refractivity contribution in [1.29, 1.82) is 0 Å². The number of carbonyl (C=O) groups is 2. The van der Waals surface area contributed by atoms with Gasteiger partial charge in [0.2, 0.25) is 0 Å². The number of nitrogens with two attached hydrogens (primary N) is 1. The van der Waals surface area contributed by atoms with E-state index in [1.807, 2.05) is 24.3 Å². The molecule has 0 amide bonds. The smallest absolute Gasteiger partial charge is 0.336 e. The lowest BCUT2D eigenvalue weighted by Gasteiger charge is -2.19. The van der Waals surface area contributed by atoms with E-state index in [9.17, 15) is 14.7 Å². The van der Waals surface area contributed by atoms with E-state index in [1.54, 1.807) is 42.5 Å².